The van der Waals surface area contributed by atoms with Crippen LogP contribution in [0, 0.1) is 0 Å². The first-order chi connectivity index (χ1) is 7.08. The van der Waals surface area contributed by atoms with Gasteiger partial charge in [-0.15, -0.1) is 0 Å². The molecule has 15 heavy (non-hydrogen) atoms. The highest BCUT2D eigenvalue weighted by molar-refractivity contribution is 5.93. The van der Waals surface area contributed by atoms with Crippen molar-refractivity contribution in [2.45, 2.75) is 13.1 Å². The Hall–Kier alpha value is -1.84. The highest BCUT2D eigenvalue weighted by atomic mass is 19.1. The van der Waals surface area contributed by atoms with Gasteiger partial charge in [-0.05, 0) is 30.5 Å². The van der Waals surface area contributed by atoms with Gasteiger partial charge in [-0.3, -0.25) is 0 Å². The lowest BCUT2D eigenvalue weighted by Crippen LogP contribution is -1.94. The Morgan fingerprint density at radius 1 is 1.47 bits per heavy atom. The number of nitrogens with one attached hydrogen (secondary N) is 1. The molecule has 1 unspecified atom stereocenters. The molecule has 0 bridgehead atoms. The van der Waals surface area contributed by atoms with Gasteiger partial charge in [0.25, 0.3) is 0 Å². The predicted molar refractivity (Wildman–Crippen MR) is 54.8 cm³/mol. The monoisotopic (exact) mass is 207 g/mol. The molecule has 0 aliphatic rings. The van der Waals surface area contributed by atoms with Crippen LogP contribution in [0.15, 0.2) is 24.3 Å². The lowest BCUT2D eigenvalue weighted by atomic mass is 10.1. The molecule has 0 saturated heterocycles. The second-order valence-corrected chi connectivity index (χ2v) is 3.45. The van der Waals surface area contributed by atoms with Crippen LogP contribution < -0.4 is 0 Å². The van der Waals surface area contributed by atoms with Crippen LogP contribution in [0.1, 0.15) is 29.1 Å². The van der Waals surface area contributed by atoms with E-state index >= 15 is 0 Å². The standard InChI is InChI=1S/C11H10FNO2/c1-6(12)9-4-7-2-3-8(11(14)15)5-10(7)13-9/h2-6,13H,1H3,(H,14,15). The molecule has 2 rings (SSSR count). The van der Waals surface area contributed by atoms with E-state index in [2.05, 4.69) is 4.98 Å². The molecule has 1 aromatic heterocycles. The minimum atomic E-state index is -1.08. The number of hydrogen-bond acceptors (Lipinski definition) is 1. The highest BCUT2D eigenvalue weighted by Gasteiger charge is 2.09. The Labute approximate surface area is 85.5 Å². The van der Waals surface area contributed by atoms with Crippen molar-refractivity contribution in [3.05, 3.63) is 35.5 Å². The Morgan fingerprint density at radius 2 is 2.20 bits per heavy atom. The summed E-state index contributed by atoms with van der Waals surface area (Å²) in [5.74, 6) is -0.985. The third kappa shape index (κ3) is 1.70. The number of H-pyrrole nitrogens is 1. The molecule has 2 aromatic rings. The van der Waals surface area contributed by atoms with Crippen molar-refractivity contribution >= 4 is 16.9 Å². The van der Waals surface area contributed by atoms with Crippen molar-refractivity contribution in [3.8, 4) is 0 Å². The molecule has 0 saturated carbocycles. The molecule has 0 radical (unpaired) electrons. The fourth-order valence-corrected chi connectivity index (χ4v) is 1.50. The average Bonchev–Trinajstić information content (AvgIpc) is 2.59. The van der Waals surface area contributed by atoms with Crippen molar-refractivity contribution in [3.63, 3.8) is 0 Å². The van der Waals surface area contributed by atoms with E-state index in [4.69, 9.17) is 5.11 Å². The van der Waals surface area contributed by atoms with Crippen molar-refractivity contribution in [2.75, 3.05) is 0 Å². The fraction of sp³-hybridized carbons (Fsp3) is 0.182. The minimum absolute atomic E-state index is 0.197. The lowest BCUT2D eigenvalue weighted by Gasteiger charge is -1.95. The fourth-order valence-electron chi connectivity index (χ4n) is 1.50. The molecule has 1 atom stereocenters. The Balaban J connectivity index is 2.57. The number of halogens is 1. The van der Waals surface area contributed by atoms with Gasteiger partial charge < -0.3 is 10.1 Å². The van der Waals surface area contributed by atoms with Gasteiger partial charge in [0.2, 0.25) is 0 Å². The van der Waals surface area contributed by atoms with Crippen molar-refractivity contribution in [1.82, 2.24) is 4.98 Å². The maximum Gasteiger partial charge on any atom is 0.335 e. The van der Waals surface area contributed by atoms with E-state index in [0.717, 1.165) is 5.39 Å². The summed E-state index contributed by atoms with van der Waals surface area (Å²) in [5, 5.41) is 9.59. The maximum atomic E-state index is 13.0. The summed E-state index contributed by atoms with van der Waals surface area (Å²) in [5.41, 5.74) is 1.31. The number of fused-ring (bicyclic) bond motifs is 1. The van der Waals surface area contributed by atoms with E-state index in [1.807, 2.05) is 0 Å². The number of carboxylic acids is 1. The number of rotatable bonds is 2. The first-order valence-electron chi connectivity index (χ1n) is 4.58. The van der Waals surface area contributed by atoms with Crippen LogP contribution in [0.3, 0.4) is 0 Å². The van der Waals surface area contributed by atoms with Gasteiger partial charge in [-0.1, -0.05) is 6.07 Å². The number of aromatic carboxylic acids is 1. The Morgan fingerprint density at radius 3 is 2.80 bits per heavy atom. The topological polar surface area (TPSA) is 53.1 Å². The van der Waals surface area contributed by atoms with Crippen LogP contribution in [0.5, 0.6) is 0 Å². The minimum Gasteiger partial charge on any atom is -0.478 e. The van der Waals surface area contributed by atoms with Crippen molar-refractivity contribution < 1.29 is 14.3 Å². The van der Waals surface area contributed by atoms with Crippen LogP contribution >= 0.6 is 0 Å². The molecule has 3 nitrogen and oxygen atoms in total. The van der Waals surface area contributed by atoms with Gasteiger partial charge in [0, 0.05) is 5.52 Å². The summed E-state index contributed by atoms with van der Waals surface area (Å²) >= 11 is 0. The van der Waals surface area contributed by atoms with Gasteiger partial charge in [0.1, 0.15) is 6.17 Å². The van der Waals surface area contributed by atoms with Crippen LogP contribution in [0.25, 0.3) is 10.9 Å². The second-order valence-electron chi connectivity index (χ2n) is 3.45. The summed E-state index contributed by atoms with van der Waals surface area (Å²) in [4.78, 5) is 13.5. The van der Waals surface area contributed by atoms with Gasteiger partial charge in [-0.2, -0.15) is 0 Å². The Kier molecular flexibility index (Phi) is 2.19. The smallest absolute Gasteiger partial charge is 0.335 e. The second kappa shape index (κ2) is 3.38. The number of carboxylic acid groups (broad SMARTS) is 1. The summed E-state index contributed by atoms with van der Waals surface area (Å²) in [6.07, 6.45) is -1.08. The van der Waals surface area contributed by atoms with Gasteiger partial charge >= 0.3 is 5.97 Å². The maximum absolute atomic E-state index is 13.0. The van der Waals surface area contributed by atoms with Crippen LogP contribution in [-0.2, 0) is 0 Å². The molecule has 2 N–H and O–H groups in total. The zero-order valence-electron chi connectivity index (χ0n) is 8.12. The molecule has 0 aliphatic carbocycles. The van der Waals surface area contributed by atoms with Crippen LogP contribution in [-0.4, -0.2) is 16.1 Å². The summed E-state index contributed by atoms with van der Waals surface area (Å²) in [6.45, 7) is 1.43. The SMILES string of the molecule is CC(F)c1cc2ccc(C(=O)O)cc2[nH]1. The summed E-state index contributed by atoms with van der Waals surface area (Å²) in [6, 6.07) is 6.36. The molecular formula is C11H10FNO2. The van der Waals surface area contributed by atoms with Gasteiger partial charge in [-0.25, -0.2) is 9.18 Å². The third-order valence-corrected chi connectivity index (χ3v) is 2.32. The number of aromatic amines is 1. The molecule has 0 aliphatic heterocycles. The zero-order valence-corrected chi connectivity index (χ0v) is 8.12. The van der Waals surface area contributed by atoms with Crippen molar-refractivity contribution in [1.29, 1.82) is 0 Å². The molecular weight excluding hydrogens is 197 g/mol. The normalized spacial score (nSPS) is 12.9. The van der Waals surface area contributed by atoms with E-state index in [1.54, 1.807) is 12.1 Å². The molecule has 0 spiro atoms. The van der Waals surface area contributed by atoms with Gasteiger partial charge in [0.15, 0.2) is 0 Å². The summed E-state index contributed by atoms with van der Waals surface area (Å²) < 4.78 is 13.0. The van der Waals surface area contributed by atoms with Gasteiger partial charge in [0.05, 0.1) is 11.3 Å². The largest absolute Gasteiger partial charge is 0.478 e. The number of benzene rings is 1. The van der Waals surface area contributed by atoms with E-state index in [0.29, 0.717) is 11.2 Å². The van der Waals surface area contributed by atoms with Crippen molar-refractivity contribution in [2.24, 2.45) is 0 Å². The highest BCUT2D eigenvalue weighted by Crippen LogP contribution is 2.22. The lowest BCUT2D eigenvalue weighted by molar-refractivity contribution is 0.0697. The predicted octanol–water partition coefficient (Wildman–Crippen LogP) is 2.90. The quantitative estimate of drug-likeness (QED) is 0.795. The molecule has 0 fully saturated rings. The first kappa shape index (κ1) is 9.71. The molecule has 4 heteroatoms. The van der Waals surface area contributed by atoms with Crippen LogP contribution in [0.4, 0.5) is 4.39 Å². The number of carbonyl (C=O) groups is 1. The Bertz CT molecular complexity index is 516. The third-order valence-electron chi connectivity index (χ3n) is 2.32. The zero-order chi connectivity index (χ0) is 11.0. The van der Waals surface area contributed by atoms with E-state index in [9.17, 15) is 9.18 Å². The molecule has 1 aromatic carbocycles. The molecule has 0 amide bonds. The molecule has 1 heterocycles. The molecule has 78 valence electrons. The first-order valence-corrected chi connectivity index (χ1v) is 4.58. The van der Waals surface area contributed by atoms with Crippen LogP contribution in [0.2, 0.25) is 0 Å². The summed E-state index contributed by atoms with van der Waals surface area (Å²) in [7, 11) is 0. The van der Waals surface area contributed by atoms with E-state index in [-0.39, 0.29) is 5.56 Å². The number of hydrogen-bond donors (Lipinski definition) is 2. The van der Waals surface area contributed by atoms with E-state index < -0.39 is 12.1 Å². The number of aromatic nitrogens is 1. The van der Waals surface area contributed by atoms with E-state index in [1.165, 1.54) is 19.1 Å². The average molecular weight is 207 g/mol. The number of alkyl halides is 1.